The molecule has 124 valence electrons. The van der Waals surface area contributed by atoms with E-state index in [1.54, 1.807) is 11.3 Å². The molecule has 5 nitrogen and oxygen atoms in total. The van der Waals surface area contributed by atoms with Crippen molar-refractivity contribution in [1.82, 2.24) is 15.2 Å². The number of thiazole rings is 1. The van der Waals surface area contributed by atoms with Gasteiger partial charge >= 0.3 is 0 Å². The number of hydrogen-bond donors (Lipinski definition) is 1. The number of nitrogens with zero attached hydrogens (tertiary/aromatic N) is 2. The molecule has 0 spiro atoms. The Morgan fingerprint density at radius 2 is 2.17 bits per heavy atom. The summed E-state index contributed by atoms with van der Waals surface area (Å²) < 4.78 is 0. The van der Waals surface area contributed by atoms with Gasteiger partial charge in [-0.05, 0) is 6.42 Å². The molecule has 0 bridgehead atoms. The fourth-order valence-corrected chi connectivity index (χ4v) is 4.35. The van der Waals surface area contributed by atoms with E-state index in [0.717, 1.165) is 29.2 Å². The number of aromatic nitrogens is 1. The maximum Gasteiger partial charge on any atom is 0.228 e. The van der Waals surface area contributed by atoms with E-state index in [0.29, 0.717) is 19.4 Å². The number of likely N-dealkylation sites (tertiary alicyclic amines) is 1. The molecule has 1 N–H and O–H groups in total. The van der Waals surface area contributed by atoms with E-state index >= 15 is 0 Å². The highest BCUT2D eigenvalue weighted by Crippen LogP contribution is 2.27. The standard InChI is InChI=1S/C18H19N3O2S/c22-16-8-13-10-21(7-6-15(13)20-16)17(23)9-14-11-24-18(19-14)12-4-2-1-3-5-12/h1-5,11,13,15H,6-10H2,(H,20,22)/t13-,15+/m1/s1. The first-order chi connectivity index (χ1) is 11.7. The molecule has 0 radical (unpaired) electrons. The van der Waals surface area contributed by atoms with Crippen LogP contribution in [-0.4, -0.2) is 40.8 Å². The van der Waals surface area contributed by atoms with Crippen molar-refractivity contribution in [2.24, 2.45) is 5.92 Å². The molecule has 0 aliphatic carbocycles. The summed E-state index contributed by atoms with van der Waals surface area (Å²) in [6, 6.07) is 10.3. The second-order valence-corrected chi connectivity index (χ2v) is 7.31. The normalized spacial score (nSPS) is 23.0. The van der Waals surface area contributed by atoms with Gasteiger partial charge in [0.1, 0.15) is 5.01 Å². The zero-order valence-corrected chi connectivity index (χ0v) is 14.1. The predicted molar refractivity (Wildman–Crippen MR) is 92.5 cm³/mol. The zero-order chi connectivity index (χ0) is 16.5. The summed E-state index contributed by atoms with van der Waals surface area (Å²) in [6.07, 6.45) is 1.74. The van der Waals surface area contributed by atoms with E-state index in [2.05, 4.69) is 10.3 Å². The second-order valence-electron chi connectivity index (χ2n) is 6.45. The Bertz CT molecular complexity index is 759. The number of fused-ring (bicyclic) bond motifs is 1. The van der Waals surface area contributed by atoms with Crippen molar-refractivity contribution < 1.29 is 9.59 Å². The SMILES string of the molecule is O=C1C[C@@H]2CN(C(=O)Cc3csc(-c4ccccc4)n3)CC[C@@H]2N1. The molecule has 2 amide bonds. The average Bonchev–Trinajstić information content (AvgIpc) is 3.20. The summed E-state index contributed by atoms with van der Waals surface area (Å²) in [7, 11) is 0. The maximum absolute atomic E-state index is 12.6. The number of benzene rings is 1. The molecule has 2 saturated heterocycles. The molecule has 3 heterocycles. The van der Waals surface area contributed by atoms with Gasteiger partial charge in [-0.1, -0.05) is 30.3 Å². The van der Waals surface area contributed by atoms with Crippen LogP contribution in [0.1, 0.15) is 18.5 Å². The summed E-state index contributed by atoms with van der Waals surface area (Å²) in [6.45, 7) is 1.40. The third-order valence-corrected chi connectivity index (χ3v) is 5.73. The molecule has 2 fully saturated rings. The largest absolute Gasteiger partial charge is 0.353 e. The number of hydrogen-bond acceptors (Lipinski definition) is 4. The van der Waals surface area contributed by atoms with Gasteiger partial charge in [-0.25, -0.2) is 4.98 Å². The highest BCUT2D eigenvalue weighted by molar-refractivity contribution is 7.13. The van der Waals surface area contributed by atoms with Crippen molar-refractivity contribution in [3.05, 3.63) is 41.4 Å². The highest BCUT2D eigenvalue weighted by Gasteiger charge is 2.38. The third kappa shape index (κ3) is 3.06. The Labute approximate surface area is 144 Å². The molecule has 1 aromatic heterocycles. The van der Waals surface area contributed by atoms with Crippen LogP contribution >= 0.6 is 11.3 Å². The lowest BCUT2D eigenvalue weighted by Gasteiger charge is -2.34. The Hall–Kier alpha value is -2.21. The minimum absolute atomic E-state index is 0.109. The van der Waals surface area contributed by atoms with E-state index in [1.807, 2.05) is 40.6 Å². The van der Waals surface area contributed by atoms with Gasteiger partial charge in [0.15, 0.2) is 0 Å². The lowest BCUT2D eigenvalue weighted by Crippen LogP contribution is -2.47. The molecule has 2 atom stereocenters. The van der Waals surface area contributed by atoms with Gasteiger partial charge < -0.3 is 10.2 Å². The molecule has 4 rings (SSSR count). The number of carbonyl (C=O) groups is 2. The summed E-state index contributed by atoms with van der Waals surface area (Å²) >= 11 is 1.57. The van der Waals surface area contributed by atoms with E-state index < -0.39 is 0 Å². The topological polar surface area (TPSA) is 62.3 Å². The van der Waals surface area contributed by atoms with Crippen molar-refractivity contribution in [3.8, 4) is 10.6 Å². The zero-order valence-electron chi connectivity index (χ0n) is 13.3. The molecular weight excluding hydrogens is 322 g/mol. The van der Waals surface area contributed by atoms with Crippen LogP contribution in [0.25, 0.3) is 10.6 Å². The minimum Gasteiger partial charge on any atom is -0.353 e. The smallest absolute Gasteiger partial charge is 0.228 e. The van der Waals surface area contributed by atoms with Gasteiger partial charge in [0, 0.05) is 42.4 Å². The Morgan fingerprint density at radius 1 is 1.33 bits per heavy atom. The van der Waals surface area contributed by atoms with Crippen molar-refractivity contribution >= 4 is 23.2 Å². The van der Waals surface area contributed by atoms with Gasteiger partial charge in [0.2, 0.25) is 11.8 Å². The Morgan fingerprint density at radius 3 is 3.00 bits per heavy atom. The molecule has 24 heavy (non-hydrogen) atoms. The second kappa shape index (κ2) is 6.36. The molecule has 2 aliphatic rings. The van der Waals surface area contributed by atoms with Crippen LogP contribution < -0.4 is 5.32 Å². The van der Waals surface area contributed by atoms with Crippen molar-refractivity contribution in [1.29, 1.82) is 0 Å². The van der Waals surface area contributed by atoms with Crippen LogP contribution in [0.5, 0.6) is 0 Å². The molecule has 1 aromatic carbocycles. The van der Waals surface area contributed by atoms with E-state index in [1.165, 1.54) is 0 Å². The molecular formula is C18H19N3O2S. The molecule has 2 aliphatic heterocycles. The van der Waals surface area contributed by atoms with Gasteiger partial charge in [0.05, 0.1) is 12.1 Å². The van der Waals surface area contributed by atoms with Crippen molar-refractivity contribution in [2.75, 3.05) is 13.1 Å². The molecule has 2 aromatic rings. The van der Waals surface area contributed by atoms with E-state index in [4.69, 9.17) is 0 Å². The number of piperidine rings is 1. The number of nitrogens with one attached hydrogen (secondary N) is 1. The van der Waals surface area contributed by atoms with Crippen molar-refractivity contribution in [3.63, 3.8) is 0 Å². The first-order valence-electron chi connectivity index (χ1n) is 8.26. The van der Waals surface area contributed by atoms with Crippen molar-refractivity contribution in [2.45, 2.75) is 25.3 Å². The van der Waals surface area contributed by atoms with E-state index in [-0.39, 0.29) is 23.8 Å². The molecule has 0 saturated carbocycles. The van der Waals surface area contributed by atoms with Crippen LogP contribution in [0.4, 0.5) is 0 Å². The minimum atomic E-state index is 0.109. The van der Waals surface area contributed by atoms with Crippen LogP contribution in [-0.2, 0) is 16.0 Å². The third-order valence-electron chi connectivity index (χ3n) is 4.79. The lowest BCUT2D eigenvalue weighted by atomic mass is 9.93. The van der Waals surface area contributed by atoms with Crippen LogP contribution in [0.15, 0.2) is 35.7 Å². The number of carbonyl (C=O) groups excluding carboxylic acids is 2. The quantitative estimate of drug-likeness (QED) is 0.930. The van der Waals surface area contributed by atoms with E-state index in [9.17, 15) is 9.59 Å². The molecule has 6 heteroatoms. The van der Waals surface area contributed by atoms with Crippen LogP contribution in [0, 0.1) is 5.92 Å². The van der Waals surface area contributed by atoms with Gasteiger partial charge in [-0.3, -0.25) is 9.59 Å². The average molecular weight is 341 g/mol. The number of rotatable bonds is 3. The summed E-state index contributed by atoms with van der Waals surface area (Å²) in [5.41, 5.74) is 1.91. The first-order valence-corrected chi connectivity index (χ1v) is 9.14. The van der Waals surface area contributed by atoms with Crippen LogP contribution in [0.3, 0.4) is 0 Å². The first kappa shape index (κ1) is 15.3. The Balaban J connectivity index is 1.40. The fraction of sp³-hybridized carbons (Fsp3) is 0.389. The summed E-state index contributed by atoms with van der Waals surface area (Å²) in [5.74, 6) is 0.495. The monoisotopic (exact) mass is 341 g/mol. The Kier molecular flexibility index (Phi) is 4.06. The van der Waals surface area contributed by atoms with Crippen LogP contribution in [0.2, 0.25) is 0 Å². The van der Waals surface area contributed by atoms with Gasteiger partial charge in [-0.2, -0.15) is 0 Å². The predicted octanol–water partition coefficient (Wildman–Crippen LogP) is 2.09. The summed E-state index contributed by atoms with van der Waals surface area (Å²) in [4.78, 5) is 30.6. The fourth-order valence-electron chi connectivity index (χ4n) is 3.53. The van der Waals surface area contributed by atoms with Gasteiger partial charge in [0.25, 0.3) is 0 Å². The maximum atomic E-state index is 12.6. The van der Waals surface area contributed by atoms with Gasteiger partial charge in [-0.15, -0.1) is 11.3 Å². The highest BCUT2D eigenvalue weighted by atomic mass is 32.1. The number of amides is 2. The lowest BCUT2D eigenvalue weighted by molar-refractivity contribution is -0.132. The summed E-state index contributed by atoms with van der Waals surface area (Å²) in [5, 5.41) is 5.91. The molecule has 0 unspecified atom stereocenters.